The van der Waals surface area contributed by atoms with Crippen molar-refractivity contribution < 1.29 is 4.79 Å². The van der Waals surface area contributed by atoms with E-state index in [0.29, 0.717) is 0 Å². The molecule has 3 nitrogen and oxygen atoms in total. The van der Waals surface area contributed by atoms with Crippen molar-refractivity contribution in [2.24, 2.45) is 0 Å². The normalized spacial score (nSPS) is 20.4. The van der Waals surface area contributed by atoms with Gasteiger partial charge in [0, 0.05) is 18.0 Å². The SMILES string of the molecule is CNC(=O)C1=CC2(CCNCC2)c2ccccc21. The molecule has 18 heavy (non-hydrogen) atoms. The summed E-state index contributed by atoms with van der Waals surface area (Å²) in [6.07, 6.45) is 4.34. The fourth-order valence-electron chi connectivity index (χ4n) is 3.19. The van der Waals surface area contributed by atoms with E-state index in [-0.39, 0.29) is 11.3 Å². The molecular formula is C15H18N2O. The number of piperidine rings is 1. The van der Waals surface area contributed by atoms with E-state index in [0.717, 1.165) is 37.1 Å². The first kappa shape index (κ1) is 11.5. The summed E-state index contributed by atoms with van der Waals surface area (Å²) in [5.74, 6) is 0.0258. The van der Waals surface area contributed by atoms with Crippen molar-refractivity contribution in [1.82, 2.24) is 10.6 Å². The molecule has 1 spiro atoms. The Kier molecular flexibility index (Phi) is 2.71. The standard InChI is InChI=1S/C15H18N2O/c1-16-14(18)12-10-15(6-8-17-9-7-15)13-5-3-2-4-11(12)13/h2-5,10,17H,6-9H2,1H3,(H,16,18). The Labute approximate surface area is 107 Å². The fourth-order valence-corrected chi connectivity index (χ4v) is 3.19. The summed E-state index contributed by atoms with van der Waals surface area (Å²) in [6, 6.07) is 8.32. The maximum Gasteiger partial charge on any atom is 0.251 e. The molecule has 2 aliphatic rings. The lowest BCUT2D eigenvalue weighted by Gasteiger charge is -2.33. The number of carbonyl (C=O) groups excluding carboxylic acids is 1. The predicted molar refractivity (Wildman–Crippen MR) is 72.3 cm³/mol. The van der Waals surface area contributed by atoms with Crippen LogP contribution >= 0.6 is 0 Å². The summed E-state index contributed by atoms with van der Waals surface area (Å²) < 4.78 is 0. The molecule has 1 saturated heterocycles. The van der Waals surface area contributed by atoms with Crippen LogP contribution in [0.1, 0.15) is 24.0 Å². The summed E-state index contributed by atoms with van der Waals surface area (Å²) in [4.78, 5) is 12.0. The molecule has 0 saturated carbocycles. The molecule has 1 fully saturated rings. The molecule has 2 N–H and O–H groups in total. The number of hydrogen-bond acceptors (Lipinski definition) is 2. The molecule has 0 radical (unpaired) electrons. The number of carbonyl (C=O) groups is 1. The molecule has 3 heteroatoms. The number of rotatable bonds is 1. The van der Waals surface area contributed by atoms with E-state index in [2.05, 4.69) is 34.9 Å². The van der Waals surface area contributed by atoms with Gasteiger partial charge in [-0.25, -0.2) is 0 Å². The summed E-state index contributed by atoms with van der Waals surface area (Å²) in [6.45, 7) is 2.04. The van der Waals surface area contributed by atoms with Gasteiger partial charge < -0.3 is 10.6 Å². The highest BCUT2D eigenvalue weighted by Crippen LogP contribution is 2.45. The zero-order chi connectivity index (χ0) is 12.6. The van der Waals surface area contributed by atoms with Crippen LogP contribution in [0.3, 0.4) is 0 Å². The van der Waals surface area contributed by atoms with Crippen molar-refractivity contribution in [1.29, 1.82) is 0 Å². The minimum absolute atomic E-state index is 0.0258. The average molecular weight is 242 g/mol. The van der Waals surface area contributed by atoms with Crippen LogP contribution in [0.25, 0.3) is 5.57 Å². The molecule has 1 aromatic carbocycles. The van der Waals surface area contributed by atoms with E-state index in [4.69, 9.17) is 0 Å². The zero-order valence-electron chi connectivity index (χ0n) is 10.6. The first-order valence-electron chi connectivity index (χ1n) is 6.52. The number of hydrogen-bond donors (Lipinski definition) is 2. The lowest BCUT2D eigenvalue weighted by molar-refractivity contribution is -0.115. The summed E-state index contributed by atoms with van der Waals surface area (Å²) in [5.41, 5.74) is 3.35. The zero-order valence-corrected chi connectivity index (χ0v) is 10.6. The highest BCUT2D eigenvalue weighted by atomic mass is 16.1. The van der Waals surface area contributed by atoms with Crippen molar-refractivity contribution >= 4 is 11.5 Å². The number of likely N-dealkylation sites (N-methyl/N-ethyl adjacent to an activating group) is 1. The first-order valence-corrected chi connectivity index (χ1v) is 6.52. The predicted octanol–water partition coefficient (Wildman–Crippen LogP) is 1.45. The van der Waals surface area contributed by atoms with Crippen molar-refractivity contribution in [2.45, 2.75) is 18.3 Å². The lowest BCUT2D eigenvalue weighted by Crippen LogP contribution is -2.37. The van der Waals surface area contributed by atoms with Crippen molar-refractivity contribution in [3.05, 3.63) is 41.5 Å². The van der Waals surface area contributed by atoms with Gasteiger partial charge in [0.25, 0.3) is 5.91 Å². The van der Waals surface area contributed by atoms with E-state index in [1.165, 1.54) is 5.56 Å². The smallest absolute Gasteiger partial charge is 0.251 e. The summed E-state index contributed by atoms with van der Waals surface area (Å²) >= 11 is 0. The van der Waals surface area contributed by atoms with Gasteiger partial charge in [-0.3, -0.25) is 4.79 Å². The number of allylic oxidation sites excluding steroid dienone is 1. The maximum absolute atomic E-state index is 12.0. The summed E-state index contributed by atoms with van der Waals surface area (Å²) in [5, 5.41) is 6.14. The molecule has 3 rings (SSSR count). The Morgan fingerprint density at radius 2 is 2.00 bits per heavy atom. The van der Waals surface area contributed by atoms with E-state index < -0.39 is 0 Å². The van der Waals surface area contributed by atoms with Crippen LogP contribution in [-0.4, -0.2) is 26.0 Å². The number of amides is 1. The van der Waals surface area contributed by atoms with Gasteiger partial charge in [0.1, 0.15) is 0 Å². The summed E-state index contributed by atoms with van der Waals surface area (Å²) in [7, 11) is 1.69. The van der Waals surface area contributed by atoms with Gasteiger partial charge in [-0.2, -0.15) is 0 Å². The Hall–Kier alpha value is -1.61. The fraction of sp³-hybridized carbons (Fsp3) is 0.400. The van der Waals surface area contributed by atoms with Crippen LogP contribution in [0.2, 0.25) is 0 Å². The van der Waals surface area contributed by atoms with Crippen molar-refractivity contribution in [3.8, 4) is 0 Å². The molecule has 0 bridgehead atoms. The van der Waals surface area contributed by atoms with Crippen LogP contribution in [0.5, 0.6) is 0 Å². The van der Waals surface area contributed by atoms with Gasteiger partial charge in [0.15, 0.2) is 0 Å². The van der Waals surface area contributed by atoms with Crippen LogP contribution in [0.15, 0.2) is 30.3 Å². The number of nitrogens with one attached hydrogen (secondary N) is 2. The minimum Gasteiger partial charge on any atom is -0.355 e. The molecule has 1 amide bonds. The Bertz CT molecular complexity index is 513. The second-order valence-electron chi connectivity index (χ2n) is 5.09. The topological polar surface area (TPSA) is 41.1 Å². The molecule has 0 aromatic heterocycles. The van der Waals surface area contributed by atoms with Crippen molar-refractivity contribution in [2.75, 3.05) is 20.1 Å². The first-order chi connectivity index (χ1) is 8.77. The third kappa shape index (κ3) is 1.58. The highest BCUT2D eigenvalue weighted by molar-refractivity contribution is 6.21. The van der Waals surface area contributed by atoms with E-state index >= 15 is 0 Å². The Morgan fingerprint density at radius 3 is 2.72 bits per heavy atom. The van der Waals surface area contributed by atoms with Crippen molar-refractivity contribution in [3.63, 3.8) is 0 Å². The average Bonchev–Trinajstić information content (AvgIpc) is 2.74. The Morgan fingerprint density at radius 1 is 1.28 bits per heavy atom. The monoisotopic (exact) mass is 242 g/mol. The lowest BCUT2D eigenvalue weighted by atomic mass is 9.75. The van der Waals surface area contributed by atoms with Gasteiger partial charge >= 0.3 is 0 Å². The molecule has 1 aromatic rings. The van der Waals surface area contributed by atoms with E-state index in [1.54, 1.807) is 7.05 Å². The second-order valence-corrected chi connectivity index (χ2v) is 5.09. The van der Waals surface area contributed by atoms with E-state index in [1.807, 2.05) is 6.07 Å². The van der Waals surface area contributed by atoms with E-state index in [9.17, 15) is 4.79 Å². The van der Waals surface area contributed by atoms with Crippen LogP contribution in [0, 0.1) is 0 Å². The molecular weight excluding hydrogens is 224 g/mol. The minimum atomic E-state index is 0.0258. The molecule has 1 aliphatic heterocycles. The molecule has 0 unspecified atom stereocenters. The quantitative estimate of drug-likeness (QED) is 0.782. The van der Waals surface area contributed by atoms with Gasteiger partial charge in [-0.1, -0.05) is 30.3 Å². The van der Waals surface area contributed by atoms with Gasteiger partial charge in [0.05, 0.1) is 0 Å². The Balaban J connectivity index is 2.12. The highest BCUT2D eigenvalue weighted by Gasteiger charge is 2.40. The number of fused-ring (bicyclic) bond motifs is 2. The maximum atomic E-state index is 12.0. The van der Waals surface area contributed by atoms with Crippen LogP contribution < -0.4 is 10.6 Å². The van der Waals surface area contributed by atoms with Crippen LogP contribution in [-0.2, 0) is 10.2 Å². The largest absolute Gasteiger partial charge is 0.355 e. The van der Waals surface area contributed by atoms with Gasteiger partial charge in [-0.15, -0.1) is 0 Å². The van der Waals surface area contributed by atoms with Gasteiger partial charge in [-0.05, 0) is 37.1 Å². The molecule has 1 heterocycles. The molecule has 0 atom stereocenters. The third-order valence-electron chi connectivity index (χ3n) is 4.14. The molecule has 1 aliphatic carbocycles. The third-order valence-corrected chi connectivity index (χ3v) is 4.14. The second kappa shape index (κ2) is 4.25. The van der Waals surface area contributed by atoms with Gasteiger partial charge in [0.2, 0.25) is 0 Å². The molecule has 94 valence electrons. The van der Waals surface area contributed by atoms with Crippen LogP contribution in [0.4, 0.5) is 0 Å². The number of benzene rings is 1.